The number of rotatable bonds is 7. The first-order valence-electron chi connectivity index (χ1n) is 7.33. The molecule has 0 amide bonds. The van der Waals surface area contributed by atoms with Gasteiger partial charge in [0.1, 0.15) is 5.82 Å². The minimum Gasteiger partial charge on any atom is -0.309 e. The number of pyridine rings is 1. The molecule has 3 nitrogen and oxygen atoms in total. The van der Waals surface area contributed by atoms with Gasteiger partial charge in [-0.25, -0.2) is 4.39 Å². The van der Waals surface area contributed by atoms with Crippen LogP contribution in [0.15, 0.2) is 18.3 Å². The summed E-state index contributed by atoms with van der Waals surface area (Å²) in [6, 6.07) is 4.19. The van der Waals surface area contributed by atoms with Crippen molar-refractivity contribution in [2.24, 2.45) is 0 Å². The number of nitrogens with zero attached hydrogens (tertiary/aromatic N) is 2. The Morgan fingerprint density at radius 3 is 3.00 bits per heavy atom. The molecule has 1 aromatic rings. The zero-order valence-corrected chi connectivity index (χ0v) is 13.1. The molecule has 2 heterocycles. The normalized spacial score (nSPS) is 20.5. The van der Waals surface area contributed by atoms with Crippen LogP contribution in [0, 0.1) is 5.82 Å². The van der Waals surface area contributed by atoms with E-state index in [4.69, 9.17) is 0 Å². The van der Waals surface area contributed by atoms with Crippen LogP contribution in [0.25, 0.3) is 0 Å². The van der Waals surface area contributed by atoms with Gasteiger partial charge in [-0.15, -0.1) is 0 Å². The van der Waals surface area contributed by atoms with E-state index in [-0.39, 0.29) is 11.9 Å². The molecule has 20 heavy (non-hydrogen) atoms. The molecule has 5 heteroatoms. The fourth-order valence-electron chi connectivity index (χ4n) is 2.58. The van der Waals surface area contributed by atoms with Crippen LogP contribution in [0.1, 0.15) is 31.5 Å². The zero-order valence-electron chi connectivity index (χ0n) is 12.3. The number of nitrogens with one attached hydrogen (secondary N) is 1. The van der Waals surface area contributed by atoms with E-state index in [2.05, 4.69) is 29.2 Å². The predicted octanol–water partition coefficient (Wildman–Crippen LogP) is 2.70. The molecule has 0 aromatic carbocycles. The molecule has 1 N–H and O–H groups in total. The highest BCUT2D eigenvalue weighted by atomic mass is 32.2. The van der Waals surface area contributed by atoms with Crippen LogP contribution in [0.3, 0.4) is 0 Å². The Morgan fingerprint density at radius 1 is 1.55 bits per heavy atom. The summed E-state index contributed by atoms with van der Waals surface area (Å²) in [5.74, 6) is 2.26. The Labute approximate surface area is 125 Å². The standard InChI is InChI=1S/C15H24FN3S/c1-3-17-15(14-5-4-12(16)10-18-14)6-8-19(2)13-7-9-20-11-13/h4-5,10,13,15,17H,3,6-9,11H2,1-2H3. The van der Waals surface area contributed by atoms with Crippen LogP contribution < -0.4 is 5.32 Å². The van der Waals surface area contributed by atoms with Crippen molar-refractivity contribution in [1.29, 1.82) is 0 Å². The van der Waals surface area contributed by atoms with E-state index in [1.807, 2.05) is 11.8 Å². The minimum atomic E-state index is -0.274. The topological polar surface area (TPSA) is 28.2 Å². The monoisotopic (exact) mass is 297 g/mol. The maximum absolute atomic E-state index is 13.0. The Morgan fingerprint density at radius 2 is 2.40 bits per heavy atom. The molecule has 2 atom stereocenters. The van der Waals surface area contributed by atoms with Gasteiger partial charge < -0.3 is 10.2 Å². The Hall–Kier alpha value is -0.650. The second-order valence-electron chi connectivity index (χ2n) is 5.30. The van der Waals surface area contributed by atoms with Crippen LogP contribution in [0.5, 0.6) is 0 Å². The highest BCUT2D eigenvalue weighted by Gasteiger charge is 2.21. The second-order valence-corrected chi connectivity index (χ2v) is 6.45. The van der Waals surface area contributed by atoms with Crippen molar-refractivity contribution in [3.63, 3.8) is 0 Å². The van der Waals surface area contributed by atoms with Gasteiger partial charge in [-0.2, -0.15) is 11.8 Å². The lowest BCUT2D eigenvalue weighted by Gasteiger charge is -2.26. The maximum atomic E-state index is 13.0. The smallest absolute Gasteiger partial charge is 0.141 e. The molecule has 1 aliphatic heterocycles. The Kier molecular flexibility index (Phi) is 6.26. The summed E-state index contributed by atoms with van der Waals surface area (Å²) in [5, 5.41) is 3.45. The Bertz CT molecular complexity index is 393. The molecule has 1 aromatic heterocycles. The van der Waals surface area contributed by atoms with Gasteiger partial charge in [-0.3, -0.25) is 4.98 Å². The average molecular weight is 297 g/mol. The first-order chi connectivity index (χ1) is 9.70. The van der Waals surface area contributed by atoms with Gasteiger partial charge in [0.25, 0.3) is 0 Å². The fraction of sp³-hybridized carbons (Fsp3) is 0.667. The molecule has 0 bridgehead atoms. The van der Waals surface area contributed by atoms with Gasteiger partial charge in [0.15, 0.2) is 0 Å². The van der Waals surface area contributed by atoms with E-state index in [0.29, 0.717) is 6.04 Å². The highest BCUT2D eigenvalue weighted by Crippen LogP contribution is 2.23. The summed E-state index contributed by atoms with van der Waals surface area (Å²) in [5.41, 5.74) is 0.933. The highest BCUT2D eigenvalue weighted by molar-refractivity contribution is 7.99. The van der Waals surface area contributed by atoms with Crippen LogP contribution in [-0.4, -0.2) is 47.6 Å². The van der Waals surface area contributed by atoms with Crippen LogP contribution >= 0.6 is 11.8 Å². The predicted molar refractivity (Wildman–Crippen MR) is 83.6 cm³/mol. The summed E-state index contributed by atoms with van der Waals surface area (Å²) in [4.78, 5) is 6.66. The third-order valence-corrected chi connectivity index (χ3v) is 5.00. The molecule has 2 rings (SSSR count). The SMILES string of the molecule is CCNC(CCN(C)C1CCSC1)c1ccc(F)cn1. The third kappa shape index (κ3) is 4.43. The van der Waals surface area contributed by atoms with Gasteiger partial charge >= 0.3 is 0 Å². The summed E-state index contributed by atoms with van der Waals surface area (Å²) < 4.78 is 13.0. The average Bonchev–Trinajstić information content (AvgIpc) is 2.98. The van der Waals surface area contributed by atoms with Crippen molar-refractivity contribution in [2.75, 3.05) is 31.6 Å². The summed E-state index contributed by atoms with van der Waals surface area (Å²) in [6.07, 6.45) is 3.60. The van der Waals surface area contributed by atoms with Gasteiger partial charge in [0, 0.05) is 18.3 Å². The molecular weight excluding hydrogens is 273 g/mol. The molecular formula is C15H24FN3S. The number of aromatic nitrogens is 1. The largest absolute Gasteiger partial charge is 0.309 e. The van der Waals surface area contributed by atoms with E-state index < -0.39 is 0 Å². The van der Waals surface area contributed by atoms with Crippen LogP contribution in [0.2, 0.25) is 0 Å². The van der Waals surface area contributed by atoms with Crippen LogP contribution in [0.4, 0.5) is 4.39 Å². The maximum Gasteiger partial charge on any atom is 0.141 e. The zero-order chi connectivity index (χ0) is 14.4. The number of halogens is 1. The Balaban J connectivity index is 1.89. The first kappa shape index (κ1) is 15.7. The van der Waals surface area contributed by atoms with Crippen molar-refractivity contribution >= 4 is 11.8 Å². The molecule has 1 saturated heterocycles. The second kappa shape index (κ2) is 7.96. The number of hydrogen-bond acceptors (Lipinski definition) is 4. The van der Waals surface area contributed by atoms with Gasteiger partial charge in [0.05, 0.1) is 17.9 Å². The van der Waals surface area contributed by atoms with Gasteiger partial charge in [-0.1, -0.05) is 6.92 Å². The van der Waals surface area contributed by atoms with E-state index in [1.165, 1.54) is 30.2 Å². The quantitative estimate of drug-likeness (QED) is 0.837. The van der Waals surface area contributed by atoms with E-state index in [1.54, 1.807) is 6.07 Å². The fourth-order valence-corrected chi connectivity index (χ4v) is 3.88. The lowest BCUT2D eigenvalue weighted by atomic mass is 10.1. The molecule has 0 saturated carbocycles. The lowest BCUT2D eigenvalue weighted by Crippen LogP contribution is -2.34. The van der Waals surface area contributed by atoms with Crippen molar-refractivity contribution in [3.05, 3.63) is 29.8 Å². The number of hydrogen-bond donors (Lipinski definition) is 1. The van der Waals surface area contributed by atoms with E-state index in [9.17, 15) is 4.39 Å². The minimum absolute atomic E-state index is 0.206. The lowest BCUT2D eigenvalue weighted by molar-refractivity contribution is 0.246. The van der Waals surface area contributed by atoms with Crippen molar-refractivity contribution in [3.8, 4) is 0 Å². The molecule has 1 aliphatic rings. The molecule has 2 unspecified atom stereocenters. The van der Waals surface area contributed by atoms with Crippen molar-refractivity contribution in [1.82, 2.24) is 15.2 Å². The van der Waals surface area contributed by atoms with Crippen LogP contribution in [-0.2, 0) is 0 Å². The molecule has 1 fully saturated rings. The summed E-state index contributed by atoms with van der Waals surface area (Å²) in [6.45, 7) is 4.03. The molecule has 112 valence electrons. The van der Waals surface area contributed by atoms with Crippen molar-refractivity contribution < 1.29 is 4.39 Å². The molecule has 0 spiro atoms. The van der Waals surface area contributed by atoms with Gasteiger partial charge in [0.2, 0.25) is 0 Å². The molecule has 0 aliphatic carbocycles. The summed E-state index contributed by atoms with van der Waals surface area (Å²) in [7, 11) is 2.21. The van der Waals surface area contributed by atoms with Crippen molar-refractivity contribution in [2.45, 2.75) is 31.8 Å². The molecule has 0 radical (unpaired) electrons. The van der Waals surface area contributed by atoms with E-state index in [0.717, 1.165) is 25.2 Å². The first-order valence-corrected chi connectivity index (χ1v) is 8.49. The van der Waals surface area contributed by atoms with E-state index >= 15 is 0 Å². The third-order valence-electron chi connectivity index (χ3n) is 3.86. The van der Waals surface area contributed by atoms with Gasteiger partial charge in [-0.05, 0) is 44.3 Å². The number of thioether (sulfide) groups is 1. The summed E-state index contributed by atoms with van der Waals surface area (Å²) >= 11 is 2.04.